The number of para-hydroxylation sites is 1. The van der Waals surface area contributed by atoms with E-state index < -0.39 is 6.03 Å². The van der Waals surface area contributed by atoms with Crippen molar-refractivity contribution >= 4 is 29.2 Å². The van der Waals surface area contributed by atoms with Gasteiger partial charge in [0.2, 0.25) is 5.91 Å². The van der Waals surface area contributed by atoms with E-state index in [0.717, 1.165) is 0 Å². The number of nitrogens with zero attached hydrogens (tertiary/aromatic N) is 2. The fourth-order valence-corrected chi connectivity index (χ4v) is 4.11. The largest absolute Gasteiger partial charge is 0.491 e. The molecule has 4 amide bonds. The summed E-state index contributed by atoms with van der Waals surface area (Å²) in [5.41, 5.74) is 1.42. The first-order valence-electron chi connectivity index (χ1n) is 11.6. The zero-order valence-corrected chi connectivity index (χ0v) is 20.9. The van der Waals surface area contributed by atoms with Crippen LogP contribution in [0.15, 0.2) is 48.5 Å². The van der Waals surface area contributed by atoms with Gasteiger partial charge in [-0.3, -0.25) is 9.59 Å². The molecule has 0 aliphatic carbocycles. The van der Waals surface area contributed by atoms with Gasteiger partial charge in [0.15, 0.2) is 0 Å². The molecule has 0 unspecified atom stereocenters. The van der Waals surface area contributed by atoms with Gasteiger partial charge in [0.1, 0.15) is 12.4 Å². The normalized spacial score (nSPS) is 21.2. The van der Waals surface area contributed by atoms with Crippen LogP contribution in [-0.2, 0) is 9.53 Å². The van der Waals surface area contributed by atoms with Gasteiger partial charge in [0.25, 0.3) is 5.91 Å². The Morgan fingerprint density at radius 3 is 2.37 bits per heavy atom. The molecule has 35 heavy (non-hydrogen) atoms. The maximum absolute atomic E-state index is 13.4. The van der Waals surface area contributed by atoms with E-state index in [1.54, 1.807) is 61.2 Å². The van der Waals surface area contributed by atoms with Crippen LogP contribution in [0.25, 0.3) is 0 Å². The van der Waals surface area contributed by atoms with Crippen LogP contribution in [0.1, 0.15) is 31.1 Å². The van der Waals surface area contributed by atoms with Gasteiger partial charge < -0.3 is 29.9 Å². The number of ether oxygens (including phenoxy) is 2. The van der Waals surface area contributed by atoms with E-state index in [9.17, 15) is 14.4 Å². The Kier molecular flexibility index (Phi) is 8.70. The second-order valence-electron chi connectivity index (χ2n) is 8.92. The van der Waals surface area contributed by atoms with Gasteiger partial charge in [0.05, 0.1) is 17.7 Å². The van der Waals surface area contributed by atoms with Crippen LogP contribution in [0.5, 0.6) is 5.75 Å². The molecule has 9 nitrogen and oxygen atoms in total. The molecule has 0 fully saturated rings. The molecule has 3 atom stereocenters. The minimum atomic E-state index is -0.426. The highest BCUT2D eigenvalue weighted by molar-refractivity contribution is 6.02. The van der Waals surface area contributed by atoms with Crippen molar-refractivity contribution in [2.75, 3.05) is 44.5 Å². The summed E-state index contributed by atoms with van der Waals surface area (Å²) < 4.78 is 11.7. The second-order valence-corrected chi connectivity index (χ2v) is 8.92. The second kappa shape index (κ2) is 11.7. The topological polar surface area (TPSA) is 100 Å². The molecule has 0 spiro atoms. The molecule has 2 aromatic carbocycles. The van der Waals surface area contributed by atoms with Gasteiger partial charge in [-0.05, 0) is 37.3 Å². The Bertz CT molecular complexity index is 1050. The van der Waals surface area contributed by atoms with E-state index in [2.05, 4.69) is 10.6 Å². The minimum absolute atomic E-state index is 0.00446. The summed E-state index contributed by atoms with van der Waals surface area (Å²) in [4.78, 5) is 41.5. The number of amides is 4. The summed E-state index contributed by atoms with van der Waals surface area (Å²) in [7, 11) is 3.31. The van der Waals surface area contributed by atoms with Gasteiger partial charge in [-0.1, -0.05) is 25.1 Å². The quantitative estimate of drug-likeness (QED) is 0.695. The Balaban J connectivity index is 1.88. The number of hydrogen-bond donors (Lipinski definition) is 2. The number of nitrogens with one attached hydrogen (secondary N) is 2. The van der Waals surface area contributed by atoms with Crippen molar-refractivity contribution in [3.05, 3.63) is 54.1 Å². The first kappa shape index (κ1) is 26.0. The average Bonchev–Trinajstić information content (AvgIpc) is 2.83. The Hall–Kier alpha value is -3.59. The first-order valence-corrected chi connectivity index (χ1v) is 11.6. The van der Waals surface area contributed by atoms with Crippen LogP contribution in [-0.4, -0.2) is 73.6 Å². The van der Waals surface area contributed by atoms with E-state index >= 15 is 0 Å². The number of benzene rings is 2. The molecule has 0 saturated heterocycles. The van der Waals surface area contributed by atoms with Crippen LogP contribution in [0.3, 0.4) is 0 Å². The van der Waals surface area contributed by atoms with E-state index in [-0.39, 0.29) is 36.5 Å². The molecule has 0 saturated carbocycles. The fourth-order valence-electron chi connectivity index (χ4n) is 4.11. The summed E-state index contributed by atoms with van der Waals surface area (Å²) >= 11 is 0. The molecule has 0 aromatic heterocycles. The van der Waals surface area contributed by atoms with Gasteiger partial charge in [-0.25, -0.2) is 4.79 Å². The monoisotopic (exact) mass is 482 g/mol. The number of carbonyl (C=O) groups excluding carboxylic acids is 3. The summed E-state index contributed by atoms with van der Waals surface area (Å²) in [6.07, 6.45) is -0.264. The fraction of sp³-hybridized carbons (Fsp3) is 0.423. The smallest absolute Gasteiger partial charge is 0.323 e. The van der Waals surface area contributed by atoms with Crippen LogP contribution < -0.4 is 15.4 Å². The summed E-state index contributed by atoms with van der Waals surface area (Å²) in [6.45, 7) is 6.51. The molecule has 2 N–H and O–H groups in total. The van der Waals surface area contributed by atoms with Gasteiger partial charge in [0, 0.05) is 51.5 Å². The number of rotatable bonds is 3. The van der Waals surface area contributed by atoms with Crippen LogP contribution in [0.4, 0.5) is 16.2 Å². The Morgan fingerprint density at radius 1 is 1.03 bits per heavy atom. The van der Waals surface area contributed by atoms with Crippen molar-refractivity contribution in [3.63, 3.8) is 0 Å². The highest BCUT2D eigenvalue weighted by Crippen LogP contribution is 2.26. The molecule has 188 valence electrons. The number of fused-ring (bicyclic) bond motifs is 1. The van der Waals surface area contributed by atoms with Crippen molar-refractivity contribution < 1.29 is 23.9 Å². The third kappa shape index (κ3) is 6.73. The summed E-state index contributed by atoms with van der Waals surface area (Å²) in [5, 5.41) is 5.52. The number of urea groups is 1. The molecule has 1 aliphatic heterocycles. The van der Waals surface area contributed by atoms with Crippen LogP contribution in [0, 0.1) is 5.92 Å². The van der Waals surface area contributed by atoms with E-state index in [1.165, 1.54) is 0 Å². The molecular weight excluding hydrogens is 448 g/mol. The van der Waals surface area contributed by atoms with E-state index in [0.29, 0.717) is 35.8 Å². The van der Waals surface area contributed by atoms with Gasteiger partial charge >= 0.3 is 6.03 Å². The third-order valence-electron chi connectivity index (χ3n) is 6.14. The van der Waals surface area contributed by atoms with Crippen molar-refractivity contribution in [2.24, 2.45) is 5.92 Å². The highest BCUT2D eigenvalue weighted by Gasteiger charge is 2.29. The lowest BCUT2D eigenvalue weighted by molar-refractivity contribution is -0.133. The van der Waals surface area contributed by atoms with Crippen LogP contribution >= 0.6 is 0 Å². The molecule has 0 radical (unpaired) electrons. The molecular formula is C26H34N4O5. The standard InChI is InChI=1S/C26H34N4O5/c1-17-14-30(19(3)31)18(2)16-35-23-12-11-21(28-26(33)27-20-9-7-6-8-10-20)13-22(23)25(32)29(4)15-24(17)34-5/h6-13,17-18,24H,14-16H2,1-5H3,(H2,27,28,33)/t17-,18-,24+/m1/s1. The lowest BCUT2D eigenvalue weighted by atomic mass is 10.0. The average molecular weight is 483 g/mol. The molecule has 2 aromatic rings. The van der Waals surface area contributed by atoms with Crippen molar-refractivity contribution in [2.45, 2.75) is 32.9 Å². The maximum Gasteiger partial charge on any atom is 0.323 e. The SMILES string of the molecule is CO[C@H]1CN(C)C(=O)c2cc(NC(=O)Nc3ccccc3)ccc2OC[C@@H](C)N(C(C)=O)C[C@H]1C. The van der Waals surface area contributed by atoms with Crippen molar-refractivity contribution in [1.82, 2.24) is 9.80 Å². The van der Waals surface area contributed by atoms with Crippen molar-refractivity contribution in [3.8, 4) is 5.75 Å². The highest BCUT2D eigenvalue weighted by atomic mass is 16.5. The zero-order valence-electron chi connectivity index (χ0n) is 20.9. The number of carbonyl (C=O) groups is 3. The number of likely N-dealkylation sites (N-methyl/N-ethyl adjacent to an activating group) is 1. The Labute approximate surface area is 206 Å². The molecule has 9 heteroatoms. The Morgan fingerprint density at radius 2 is 1.71 bits per heavy atom. The number of hydrogen-bond acceptors (Lipinski definition) is 5. The molecule has 1 heterocycles. The lowest BCUT2D eigenvalue weighted by Crippen LogP contribution is -2.48. The minimum Gasteiger partial charge on any atom is -0.491 e. The van der Waals surface area contributed by atoms with Gasteiger partial charge in [-0.15, -0.1) is 0 Å². The lowest BCUT2D eigenvalue weighted by Gasteiger charge is -2.35. The number of methoxy groups -OCH3 is 1. The van der Waals surface area contributed by atoms with Crippen LogP contribution in [0.2, 0.25) is 0 Å². The molecule has 3 rings (SSSR count). The molecule has 1 aliphatic rings. The predicted octanol–water partition coefficient (Wildman–Crippen LogP) is 3.68. The first-order chi connectivity index (χ1) is 16.7. The van der Waals surface area contributed by atoms with E-state index in [1.807, 2.05) is 32.0 Å². The summed E-state index contributed by atoms with van der Waals surface area (Å²) in [5.74, 6) is 0.0792. The zero-order chi connectivity index (χ0) is 25.5. The number of anilines is 2. The molecule has 0 bridgehead atoms. The van der Waals surface area contributed by atoms with Crippen molar-refractivity contribution in [1.29, 1.82) is 0 Å². The summed E-state index contributed by atoms with van der Waals surface area (Å²) in [6, 6.07) is 13.4. The van der Waals surface area contributed by atoms with Gasteiger partial charge in [-0.2, -0.15) is 0 Å². The predicted molar refractivity (Wildman–Crippen MR) is 135 cm³/mol. The van der Waals surface area contributed by atoms with E-state index in [4.69, 9.17) is 9.47 Å². The third-order valence-corrected chi connectivity index (χ3v) is 6.14. The maximum atomic E-state index is 13.4.